The Morgan fingerprint density at radius 1 is 1.19 bits per heavy atom. The van der Waals surface area contributed by atoms with Gasteiger partial charge in [0.25, 0.3) is 0 Å². The van der Waals surface area contributed by atoms with Crippen molar-refractivity contribution in [1.82, 2.24) is 20.7 Å². The summed E-state index contributed by atoms with van der Waals surface area (Å²) in [7, 11) is 1.93. The van der Waals surface area contributed by atoms with E-state index in [1.54, 1.807) is 0 Å². The van der Waals surface area contributed by atoms with Crippen molar-refractivity contribution in [2.24, 2.45) is 0 Å². The van der Waals surface area contributed by atoms with Crippen molar-refractivity contribution in [2.45, 2.75) is 45.2 Å². The summed E-state index contributed by atoms with van der Waals surface area (Å²) in [5.74, 6) is 0.222. The van der Waals surface area contributed by atoms with E-state index < -0.39 is 0 Å². The van der Waals surface area contributed by atoms with Gasteiger partial charge in [-0.2, -0.15) is 0 Å². The van der Waals surface area contributed by atoms with Crippen LogP contribution in [0.15, 0.2) is 24.3 Å². The molecule has 1 aromatic rings. The molecular weight excluding hydrogens is 338 g/mol. The zero-order chi connectivity index (χ0) is 19.2. The van der Waals surface area contributed by atoms with Crippen LogP contribution in [0.1, 0.15) is 31.7 Å². The van der Waals surface area contributed by atoms with Gasteiger partial charge < -0.3 is 9.80 Å². The van der Waals surface area contributed by atoms with Crippen LogP contribution in [0.3, 0.4) is 0 Å². The number of likely N-dealkylation sites (N-methyl/N-ethyl adjacent to an activating group) is 1. The number of hydrazine groups is 1. The third-order valence-electron chi connectivity index (χ3n) is 5.72. The fraction of sp³-hybridized carbons (Fsp3) is 0.667. The number of nitrogens with one attached hydrogen (secondary N) is 2. The summed E-state index contributed by atoms with van der Waals surface area (Å²) >= 11 is 0. The molecule has 27 heavy (non-hydrogen) atoms. The van der Waals surface area contributed by atoms with E-state index in [9.17, 15) is 4.79 Å². The third-order valence-corrected chi connectivity index (χ3v) is 5.72. The van der Waals surface area contributed by atoms with Crippen LogP contribution >= 0.6 is 0 Å². The van der Waals surface area contributed by atoms with Gasteiger partial charge in [0.05, 0.1) is 6.54 Å². The zero-order valence-electron chi connectivity index (χ0n) is 17.1. The van der Waals surface area contributed by atoms with Gasteiger partial charge in [0.2, 0.25) is 5.91 Å². The highest BCUT2D eigenvalue weighted by molar-refractivity contribution is 5.78. The van der Waals surface area contributed by atoms with E-state index in [0.717, 1.165) is 39.1 Å². The molecule has 0 spiro atoms. The molecule has 150 valence electrons. The number of carbonyl (C=O) groups excluding carboxylic acids is 1. The normalized spacial score (nSPS) is 23.6. The maximum absolute atomic E-state index is 12.6. The summed E-state index contributed by atoms with van der Waals surface area (Å²) in [6, 6.07) is 9.56. The maximum Gasteiger partial charge on any atom is 0.236 e. The first-order valence-corrected chi connectivity index (χ1v) is 10.3. The molecule has 2 aliphatic heterocycles. The Hall–Kier alpha value is -1.63. The minimum Gasteiger partial charge on any atom is -0.369 e. The monoisotopic (exact) mass is 373 g/mol. The maximum atomic E-state index is 12.6. The largest absolute Gasteiger partial charge is 0.369 e. The summed E-state index contributed by atoms with van der Waals surface area (Å²) in [6.07, 6.45) is 3.47. The lowest BCUT2D eigenvalue weighted by Gasteiger charge is -2.36. The van der Waals surface area contributed by atoms with E-state index in [0.29, 0.717) is 18.6 Å². The van der Waals surface area contributed by atoms with Crippen LogP contribution in [0.25, 0.3) is 0 Å². The molecule has 0 aliphatic carbocycles. The first kappa shape index (κ1) is 20.1. The van der Waals surface area contributed by atoms with Crippen LogP contribution in [0.2, 0.25) is 0 Å². The van der Waals surface area contributed by atoms with Gasteiger partial charge in [-0.15, -0.1) is 0 Å². The van der Waals surface area contributed by atoms with Crippen molar-refractivity contribution in [3.05, 3.63) is 29.8 Å². The number of benzene rings is 1. The topological polar surface area (TPSA) is 50.9 Å². The van der Waals surface area contributed by atoms with Crippen molar-refractivity contribution in [2.75, 3.05) is 51.2 Å². The molecule has 6 nitrogen and oxygen atoms in total. The highest BCUT2D eigenvalue weighted by Crippen LogP contribution is 2.18. The molecule has 0 radical (unpaired) electrons. The van der Waals surface area contributed by atoms with Gasteiger partial charge in [0.15, 0.2) is 0 Å². The van der Waals surface area contributed by atoms with Crippen LogP contribution < -0.4 is 15.8 Å². The highest BCUT2D eigenvalue weighted by atomic mass is 16.2. The lowest BCUT2D eigenvalue weighted by Crippen LogP contribution is -2.50. The second-order valence-electron chi connectivity index (χ2n) is 8.08. The summed E-state index contributed by atoms with van der Waals surface area (Å²) in [5.41, 5.74) is 9.28. The quantitative estimate of drug-likeness (QED) is 0.761. The number of nitrogens with zero attached hydrogens (tertiary/aromatic N) is 3. The predicted molar refractivity (Wildman–Crippen MR) is 111 cm³/mol. The van der Waals surface area contributed by atoms with Crippen LogP contribution in [-0.2, 0) is 4.79 Å². The van der Waals surface area contributed by atoms with E-state index in [2.05, 4.69) is 58.8 Å². The summed E-state index contributed by atoms with van der Waals surface area (Å²) < 4.78 is 0. The summed E-state index contributed by atoms with van der Waals surface area (Å²) in [6.45, 7) is 9.48. The van der Waals surface area contributed by atoms with E-state index in [1.807, 2.05) is 11.9 Å². The van der Waals surface area contributed by atoms with Crippen molar-refractivity contribution >= 4 is 11.6 Å². The van der Waals surface area contributed by atoms with E-state index in [-0.39, 0.29) is 5.91 Å². The Bertz CT molecular complexity index is 614. The van der Waals surface area contributed by atoms with Crippen LogP contribution in [0.5, 0.6) is 0 Å². The fourth-order valence-electron chi connectivity index (χ4n) is 4.09. The molecule has 6 heteroatoms. The molecule has 2 N–H and O–H groups in total. The van der Waals surface area contributed by atoms with Crippen molar-refractivity contribution < 1.29 is 4.79 Å². The number of aryl methyl sites for hydroxylation is 1. The lowest BCUT2D eigenvalue weighted by molar-refractivity contribution is -0.131. The molecule has 2 aliphatic rings. The molecule has 0 bridgehead atoms. The van der Waals surface area contributed by atoms with Gasteiger partial charge in [0.1, 0.15) is 0 Å². The number of rotatable bonds is 7. The zero-order valence-corrected chi connectivity index (χ0v) is 17.1. The molecular formula is C21H35N5O. The molecule has 1 aromatic carbocycles. The highest BCUT2D eigenvalue weighted by Gasteiger charge is 2.26. The molecule has 0 aromatic heterocycles. The van der Waals surface area contributed by atoms with E-state index in [4.69, 9.17) is 0 Å². The van der Waals surface area contributed by atoms with E-state index >= 15 is 0 Å². The van der Waals surface area contributed by atoms with Gasteiger partial charge >= 0.3 is 0 Å². The van der Waals surface area contributed by atoms with E-state index in [1.165, 1.54) is 24.1 Å². The Kier molecular flexibility index (Phi) is 7.10. The van der Waals surface area contributed by atoms with Gasteiger partial charge in [-0.05, 0) is 37.5 Å². The molecule has 2 fully saturated rings. The fourth-order valence-corrected chi connectivity index (χ4v) is 4.09. The summed E-state index contributed by atoms with van der Waals surface area (Å²) in [4.78, 5) is 19.2. The number of anilines is 1. The first-order valence-electron chi connectivity index (χ1n) is 10.3. The Balaban J connectivity index is 1.40. The number of piperazine rings is 1. The minimum atomic E-state index is 0.222. The molecule has 2 heterocycles. The first-order chi connectivity index (χ1) is 13.0. The number of hydrogen-bond acceptors (Lipinski definition) is 5. The lowest BCUT2D eigenvalue weighted by atomic mass is 10.1. The second kappa shape index (κ2) is 9.53. The standard InChI is InChI=1S/C21H35N5O/c1-4-6-18-14-19(23-22-18)15-24(3)21(27)16-25-9-11-26(12-10-25)20-8-5-7-17(2)13-20/h5,7-8,13,18-19,22-23H,4,6,9-12,14-16H2,1-3H3. The van der Waals surface area contributed by atoms with Crippen molar-refractivity contribution in [1.29, 1.82) is 0 Å². The van der Waals surface area contributed by atoms with Gasteiger partial charge in [0, 0.05) is 57.5 Å². The molecule has 1 amide bonds. The second-order valence-corrected chi connectivity index (χ2v) is 8.08. The molecule has 0 saturated carbocycles. The van der Waals surface area contributed by atoms with Crippen LogP contribution in [0.4, 0.5) is 5.69 Å². The molecule has 3 rings (SSSR count). The predicted octanol–water partition coefficient (Wildman–Crippen LogP) is 1.61. The number of amides is 1. The van der Waals surface area contributed by atoms with Gasteiger partial charge in [-0.1, -0.05) is 25.5 Å². The third kappa shape index (κ3) is 5.67. The van der Waals surface area contributed by atoms with Crippen molar-refractivity contribution in [3.8, 4) is 0 Å². The Morgan fingerprint density at radius 2 is 1.93 bits per heavy atom. The minimum absolute atomic E-state index is 0.222. The van der Waals surface area contributed by atoms with Gasteiger partial charge in [-0.25, -0.2) is 0 Å². The molecule has 2 atom stereocenters. The molecule has 2 saturated heterocycles. The summed E-state index contributed by atoms with van der Waals surface area (Å²) in [5, 5.41) is 0. The van der Waals surface area contributed by atoms with Gasteiger partial charge in [-0.3, -0.25) is 20.5 Å². The SMILES string of the molecule is CCCC1CC(CN(C)C(=O)CN2CCN(c3cccc(C)c3)CC2)NN1. The van der Waals surface area contributed by atoms with Crippen LogP contribution in [-0.4, -0.2) is 74.1 Å². The number of hydrogen-bond donors (Lipinski definition) is 2. The van der Waals surface area contributed by atoms with Crippen molar-refractivity contribution in [3.63, 3.8) is 0 Å². The average Bonchev–Trinajstić information content (AvgIpc) is 3.09. The smallest absolute Gasteiger partial charge is 0.236 e. The molecule has 2 unspecified atom stereocenters. The average molecular weight is 374 g/mol. The Morgan fingerprint density at radius 3 is 2.63 bits per heavy atom. The Labute approximate surface area is 163 Å². The van der Waals surface area contributed by atoms with Crippen LogP contribution in [0, 0.1) is 6.92 Å². The number of carbonyl (C=O) groups is 1.